The number of cyclic esters (lactones) is 1. The van der Waals surface area contributed by atoms with Gasteiger partial charge in [0.25, 0.3) is 0 Å². The molecule has 1 aliphatic rings. The number of aliphatic hydroxyl groups is 2. The van der Waals surface area contributed by atoms with Gasteiger partial charge in [-0.2, -0.15) is 0 Å². The molecule has 1 rings (SSSR count). The van der Waals surface area contributed by atoms with Crippen molar-refractivity contribution in [3.8, 4) is 0 Å². The van der Waals surface area contributed by atoms with Crippen LogP contribution in [0.4, 0.5) is 0 Å². The molecule has 0 saturated heterocycles. The molecule has 8 nitrogen and oxygen atoms in total. The first kappa shape index (κ1) is 17.2. The van der Waals surface area contributed by atoms with Gasteiger partial charge in [0.2, 0.25) is 5.76 Å². The summed E-state index contributed by atoms with van der Waals surface area (Å²) in [6, 6.07) is 0. The maximum Gasteiger partial charge on any atom is 0.525 e. The minimum absolute atomic E-state index is 0. The molecule has 2 unspecified atom stereocenters. The van der Waals surface area contributed by atoms with Crippen molar-refractivity contribution in [1.29, 1.82) is 0 Å². The summed E-state index contributed by atoms with van der Waals surface area (Å²) in [4.78, 5) is 28.2. The van der Waals surface area contributed by atoms with E-state index in [1.165, 1.54) is 6.92 Å². The van der Waals surface area contributed by atoms with E-state index in [9.17, 15) is 14.5 Å². The van der Waals surface area contributed by atoms with Gasteiger partial charge in [-0.15, -0.1) is 0 Å². The Kier molecular flexibility index (Phi) is 6.45. The van der Waals surface area contributed by atoms with Crippen LogP contribution in [-0.2, 0) is 51.3 Å². The average Bonchev–Trinajstić information content (AvgIpc) is 2.42. The van der Waals surface area contributed by atoms with Crippen molar-refractivity contribution in [2.24, 2.45) is 0 Å². The van der Waals surface area contributed by atoms with Crippen molar-refractivity contribution in [3.63, 3.8) is 0 Å². The van der Waals surface area contributed by atoms with E-state index in [0.29, 0.717) is 0 Å². The number of phosphoric acid groups is 1. The van der Waals surface area contributed by atoms with Gasteiger partial charge in [-0.05, 0) is 6.92 Å². The fraction of sp³-hybridized carbons (Fsp3) is 0.571. The Morgan fingerprint density at radius 1 is 1.53 bits per heavy atom. The fourth-order valence-electron chi connectivity index (χ4n) is 1.24. The standard InChI is InChI=1S/C7H11O8P.Y/c1-3-5(4(9)2-8)14-7(10)6(3)15-16(11,12)13;/h4-5,8-9H,2H2,1H3,(H2,11,12,13);. The first-order valence-electron chi connectivity index (χ1n) is 4.22. The molecule has 1 radical (unpaired) electrons. The topological polar surface area (TPSA) is 134 Å². The van der Waals surface area contributed by atoms with Crippen LogP contribution in [0, 0.1) is 0 Å². The van der Waals surface area contributed by atoms with Gasteiger partial charge in [0.15, 0.2) is 6.10 Å². The van der Waals surface area contributed by atoms with Gasteiger partial charge in [-0.3, -0.25) is 9.79 Å². The number of hydrogen-bond donors (Lipinski definition) is 4. The first-order chi connectivity index (χ1) is 7.26. The number of carbonyl (C=O) groups is 1. The molecule has 1 aliphatic heterocycles. The molecule has 0 saturated carbocycles. The SMILES string of the molecule is CC1=C(OP(=O)(O)O)C(=O)OC1C(O)CO.[Y]. The van der Waals surface area contributed by atoms with E-state index in [2.05, 4.69) is 9.26 Å². The van der Waals surface area contributed by atoms with Crippen LogP contribution < -0.4 is 0 Å². The normalized spacial score (nSPS) is 21.9. The van der Waals surface area contributed by atoms with Gasteiger partial charge >= 0.3 is 13.8 Å². The number of carbonyl (C=O) groups excluding carboxylic acids is 1. The molecule has 0 spiro atoms. The van der Waals surface area contributed by atoms with E-state index in [0.717, 1.165) is 0 Å². The summed E-state index contributed by atoms with van der Waals surface area (Å²) in [5.41, 5.74) is 0.0230. The molecule has 0 aromatic heterocycles. The van der Waals surface area contributed by atoms with E-state index < -0.39 is 38.4 Å². The minimum Gasteiger partial charge on any atom is -0.449 e. The Labute approximate surface area is 122 Å². The van der Waals surface area contributed by atoms with Crippen LogP contribution in [0.3, 0.4) is 0 Å². The first-order valence-corrected chi connectivity index (χ1v) is 5.75. The Morgan fingerprint density at radius 3 is 2.47 bits per heavy atom. The molecule has 0 fully saturated rings. The van der Waals surface area contributed by atoms with Crippen LogP contribution in [0.25, 0.3) is 0 Å². The number of esters is 1. The van der Waals surface area contributed by atoms with Gasteiger partial charge < -0.3 is 19.5 Å². The number of phosphoric ester groups is 1. The zero-order valence-electron chi connectivity index (χ0n) is 8.81. The second-order valence-electron chi connectivity index (χ2n) is 3.17. The van der Waals surface area contributed by atoms with Crippen molar-refractivity contribution in [2.75, 3.05) is 6.61 Å². The van der Waals surface area contributed by atoms with Crippen molar-refractivity contribution in [3.05, 3.63) is 11.3 Å². The van der Waals surface area contributed by atoms with Crippen LogP contribution in [-0.4, -0.2) is 44.8 Å². The van der Waals surface area contributed by atoms with Gasteiger partial charge in [-0.1, -0.05) is 0 Å². The van der Waals surface area contributed by atoms with E-state index in [1.54, 1.807) is 0 Å². The van der Waals surface area contributed by atoms with Gasteiger partial charge in [-0.25, -0.2) is 9.36 Å². The number of aliphatic hydroxyl groups excluding tert-OH is 2. The molecular weight excluding hydrogens is 332 g/mol. The Morgan fingerprint density at radius 2 is 2.06 bits per heavy atom. The Balaban J connectivity index is 0.00000256. The number of hydrogen-bond acceptors (Lipinski definition) is 6. The predicted octanol–water partition coefficient (Wildman–Crippen LogP) is -1.35. The van der Waals surface area contributed by atoms with Crippen molar-refractivity contribution >= 4 is 13.8 Å². The summed E-state index contributed by atoms with van der Waals surface area (Å²) < 4.78 is 19.3. The third kappa shape index (κ3) is 4.41. The Bertz CT molecular complexity index is 374. The maximum atomic E-state index is 11.2. The second kappa shape index (κ2) is 6.38. The van der Waals surface area contributed by atoms with Gasteiger partial charge in [0.1, 0.15) is 6.10 Å². The van der Waals surface area contributed by atoms with Crippen molar-refractivity contribution < 1.29 is 71.3 Å². The molecule has 2 atom stereocenters. The van der Waals surface area contributed by atoms with Gasteiger partial charge in [0.05, 0.1) is 6.61 Å². The van der Waals surface area contributed by atoms with E-state index in [4.69, 9.17) is 14.9 Å². The second-order valence-corrected chi connectivity index (χ2v) is 4.33. The maximum absolute atomic E-state index is 11.2. The van der Waals surface area contributed by atoms with E-state index in [1.807, 2.05) is 0 Å². The number of rotatable bonds is 4. The number of ether oxygens (including phenoxy) is 1. The summed E-state index contributed by atoms with van der Waals surface area (Å²) in [6.45, 7) is 0.651. The van der Waals surface area contributed by atoms with Crippen LogP contribution in [0.5, 0.6) is 0 Å². The zero-order chi connectivity index (χ0) is 12.5. The predicted molar refractivity (Wildman–Crippen MR) is 48.8 cm³/mol. The summed E-state index contributed by atoms with van der Waals surface area (Å²) in [7, 11) is -4.86. The summed E-state index contributed by atoms with van der Waals surface area (Å²) in [6.07, 6.45) is -2.51. The molecule has 10 heteroatoms. The van der Waals surface area contributed by atoms with Crippen LogP contribution in [0.2, 0.25) is 0 Å². The summed E-state index contributed by atoms with van der Waals surface area (Å²) in [5.74, 6) is -1.72. The quantitative estimate of drug-likeness (QED) is 0.364. The van der Waals surface area contributed by atoms with Crippen molar-refractivity contribution in [1.82, 2.24) is 0 Å². The monoisotopic (exact) mass is 343 g/mol. The molecule has 0 aliphatic carbocycles. The molecule has 95 valence electrons. The molecule has 4 N–H and O–H groups in total. The molecule has 0 amide bonds. The van der Waals surface area contributed by atoms with Crippen molar-refractivity contribution in [2.45, 2.75) is 19.1 Å². The smallest absolute Gasteiger partial charge is 0.449 e. The molecule has 1 heterocycles. The average molecular weight is 343 g/mol. The van der Waals surface area contributed by atoms with E-state index in [-0.39, 0.29) is 38.3 Å². The zero-order valence-corrected chi connectivity index (χ0v) is 12.5. The largest absolute Gasteiger partial charge is 0.525 e. The van der Waals surface area contributed by atoms with Crippen LogP contribution in [0.15, 0.2) is 11.3 Å². The molecule has 0 bridgehead atoms. The molecule has 17 heavy (non-hydrogen) atoms. The third-order valence-electron chi connectivity index (χ3n) is 1.95. The van der Waals surface area contributed by atoms with Gasteiger partial charge in [0, 0.05) is 38.3 Å². The third-order valence-corrected chi connectivity index (χ3v) is 2.37. The van der Waals surface area contributed by atoms with Crippen LogP contribution >= 0.6 is 7.82 Å². The summed E-state index contributed by atoms with van der Waals surface area (Å²) >= 11 is 0. The van der Waals surface area contributed by atoms with E-state index >= 15 is 0 Å². The molecule has 0 aromatic carbocycles. The minimum atomic E-state index is -4.86. The fourth-order valence-corrected chi connectivity index (χ4v) is 1.69. The molecule has 0 aromatic rings. The van der Waals surface area contributed by atoms with Crippen LogP contribution in [0.1, 0.15) is 6.92 Å². The Hall–Kier alpha value is 0.184. The summed E-state index contributed by atoms with van der Waals surface area (Å²) in [5, 5.41) is 17.9. The molecular formula is C7H11O8PY.